The minimum absolute atomic E-state index is 0.185. The molecule has 0 aliphatic carbocycles. The Hall–Kier alpha value is -0.750. The number of H-pyrrole nitrogens is 1. The van der Waals surface area contributed by atoms with E-state index in [2.05, 4.69) is 4.98 Å². The molecule has 1 heterocycles. The second kappa shape index (κ2) is 5.54. The molecular formula is C9H12ClFN2O2S. The van der Waals surface area contributed by atoms with E-state index in [1.807, 2.05) is 13.2 Å². The third-order valence-electron chi connectivity index (χ3n) is 2.25. The lowest BCUT2D eigenvalue weighted by Crippen LogP contribution is -2.37. The van der Waals surface area contributed by atoms with Crippen molar-refractivity contribution in [1.29, 1.82) is 0 Å². The van der Waals surface area contributed by atoms with E-state index in [1.54, 1.807) is 11.8 Å². The first-order valence-electron chi connectivity index (χ1n) is 4.68. The van der Waals surface area contributed by atoms with Crippen molar-refractivity contribution in [2.24, 2.45) is 0 Å². The summed E-state index contributed by atoms with van der Waals surface area (Å²) < 4.78 is 14.0. The second-order valence-corrected chi connectivity index (χ2v) is 5.00. The van der Waals surface area contributed by atoms with Gasteiger partial charge >= 0.3 is 5.69 Å². The van der Waals surface area contributed by atoms with Crippen LogP contribution in [-0.2, 0) is 6.54 Å². The van der Waals surface area contributed by atoms with E-state index >= 15 is 0 Å². The Bertz CT molecular complexity index is 485. The molecule has 90 valence electrons. The van der Waals surface area contributed by atoms with Crippen LogP contribution in [-0.4, -0.2) is 21.1 Å². The van der Waals surface area contributed by atoms with Crippen LogP contribution < -0.4 is 11.2 Å². The molecule has 0 aliphatic heterocycles. The van der Waals surface area contributed by atoms with Crippen molar-refractivity contribution in [1.82, 2.24) is 9.55 Å². The van der Waals surface area contributed by atoms with E-state index in [4.69, 9.17) is 11.6 Å². The molecule has 0 saturated carbocycles. The molecule has 7 heteroatoms. The van der Waals surface area contributed by atoms with Gasteiger partial charge in [0.15, 0.2) is 5.15 Å². The van der Waals surface area contributed by atoms with E-state index in [0.717, 1.165) is 4.57 Å². The Morgan fingerprint density at radius 1 is 1.56 bits per heavy atom. The summed E-state index contributed by atoms with van der Waals surface area (Å²) in [7, 11) is 0. The summed E-state index contributed by atoms with van der Waals surface area (Å²) in [4.78, 5) is 24.8. The Labute approximate surface area is 101 Å². The quantitative estimate of drug-likeness (QED) is 0.840. The van der Waals surface area contributed by atoms with Crippen LogP contribution in [0.2, 0.25) is 5.15 Å². The molecule has 0 saturated heterocycles. The average molecular weight is 267 g/mol. The highest BCUT2D eigenvalue weighted by molar-refractivity contribution is 7.99. The number of nitrogens with zero attached hydrogens (tertiary/aromatic N) is 1. The Morgan fingerprint density at radius 2 is 2.19 bits per heavy atom. The molecule has 1 rings (SSSR count). The molecule has 0 aliphatic rings. The molecule has 0 spiro atoms. The molecule has 0 fully saturated rings. The highest BCUT2D eigenvalue weighted by Crippen LogP contribution is 2.10. The van der Waals surface area contributed by atoms with E-state index in [1.165, 1.54) is 0 Å². The molecule has 1 atom stereocenters. The largest absolute Gasteiger partial charge is 0.329 e. The Balaban J connectivity index is 3.02. The lowest BCUT2D eigenvalue weighted by atomic mass is 10.3. The summed E-state index contributed by atoms with van der Waals surface area (Å²) >= 11 is 6.95. The third-order valence-corrected chi connectivity index (χ3v) is 3.55. The molecule has 16 heavy (non-hydrogen) atoms. The summed E-state index contributed by atoms with van der Waals surface area (Å²) in [5, 5.41) is -0.241. The fraction of sp³-hybridized carbons (Fsp3) is 0.556. The van der Waals surface area contributed by atoms with Crippen LogP contribution in [0.4, 0.5) is 4.39 Å². The predicted octanol–water partition coefficient (Wildman–Crippen LogP) is 1.47. The molecule has 1 aromatic heterocycles. The lowest BCUT2D eigenvalue weighted by molar-refractivity contribution is 0.526. The summed E-state index contributed by atoms with van der Waals surface area (Å²) in [5.41, 5.74) is -1.65. The van der Waals surface area contributed by atoms with Gasteiger partial charge in [-0.3, -0.25) is 14.3 Å². The number of aromatic nitrogens is 2. The Kier molecular flexibility index (Phi) is 4.61. The zero-order chi connectivity index (χ0) is 12.3. The Morgan fingerprint density at radius 3 is 2.75 bits per heavy atom. The molecule has 1 N–H and O–H groups in total. The SMILES string of the molecule is CSC(C)CCn1c(=O)[nH]c(Cl)c(F)c1=O. The van der Waals surface area contributed by atoms with Crippen LogP contribution in [0.5, 0.6) is 0 Å². The molecule has 1 unspecified atom stereocenters. The maximum absolute atomic E-state index is 13.1. The fourth-order valence-corrected chi connectivity index (χ4v) is 1.66. The molecule has 0 radical (unpaired) electrons. The van der Waals surface area contributed by atoms with Crippen molar-refractivity contribution < 1.29 is 4.39 Å². The highest BCUT2D eigenvalue weighted by Gasteiger charge is 2.12. The fourth-order valence-electron chi connectivity index (χ4n) is 1.15. The number of thioether (sulfide) groups is 1. The molecule has 4 nitrogen and oxygen atoms in total. The van der Waals surface area contributed by atoms with Gasteiger partial charge in [0.2, 0.25) is 5.82 Å². The van der Waals surface area contributed by atoms with Crippen LogP contribution in [0.25, 0.3) is 0 Å². The van der Waals surface area contributed by atoms with Crippen molar-refractivity contribution in [2.45, 2.75) is 25.1 Å². The molecule has 0 bridgehead atoms. The molecule has 0 amide bonds. The minimum atomic E-state index is -1.11. The number of halogens is 2. The van der Waals surface area contributed by atoms with Crippen molar-refractivity contribution in [2.75, 3.05) is 6.26 Å². The predicted molar refractivity (Wildman–Crippen MR) is 63.9 cm³/mol. The van der Waals surface area contributed by atoms with Gasteiger partial charge in [-0.15, -0.1) is 0 Å². The van der Waals surface area contributed by atoms with Gasteiger partial charge in [0.25, 0.3) is 5.56 Å². The van der Waals surface area contributed by atoms with E-state index in [0.29, 0.717) is 11.7 Å². The normalized spacial score (nSPS) is 12.8. The van der Waals surface area contributed by atoms with Crippen LogP contribution in [0.3, 0.4) is 0 Å². The van der Waals surface area contributed by atoms with Crippen LogP contribution in [0, 0.1) is 5.82 Å². The van der Waals surface area contributed by atoms with Gasteiger partial charge in [-0.2, -0.15) is 16.2 Å². The summed E-state index contributed by atoms with van der Waals surface area (Å²) in [6.45, 7) is 2.15. The first-order chi connectivity index (χ1) is 7.47. The van der Waals surface area contributed by atoms with E-state index in [9.17, 15) is 14.0 Å². The van der Waals surface area contributed by atoms with Gasteiger partial charge in [-0.1, -0.05) is 18.5 Å². The number of nitrogens with one attached hydrogen (secondary N) is 1. The zero-order valence-electron chi connectivity index (χ0n) is 8.92. The topological polar surface area (TPSA) is 54.9 Å². The van der Waals surface area contributed by atoms with Crippen molar-refractivity contribution >= 4 is 23.4 Å². The molecule has 0 aromatic carbocycles. The first kappa shape index (κ1) is 13.3. The zero-order valence-corrected chi connectivity index (χ0v) is 10.5. The third kappa shape index (κ3) is 2.89. The number of hydrogen-bond donors (Lipinski definition) is 1. The van der Waals surface area contributed by atoms with Gasteiger partial charge < -0.3 is 0 Å². The second-order valence-electron chi connectivity index (χ2n) is 3.35. The number of aromatic amines is 1. The van der Waals surface area contributed by atoms with Crippen molar-refractivity contribution in [3.05, 3.63) is 31.8 Å². The van der Waals surface area contributed by atoms with Crippen LogP contribution in [0.15, 0.2) is 9.59 Å². The van der Waals surface area contributed by atoms with Gasteiger partial charge in [-0.05, 0) is 12.7 Å². The highest BCUT2D eigenvalue weighted by atomic mass is 35.5. The number of rotatable bonds is 4. The molecular weight excluding hydrogens is 255 g/mol. The van der Waals surface area contributed by atoms with Crippen LogP contribution >= 0.6 is 23.4 Å². The maximum Gasteiger partial charge on any atom is 0.329 e. The smallest absolute Gasteiger partial charge is 0.295 e. The summed E-state index contributed by atoms with van der Waals surface area (Å²) in [6, 6.07) is 0. The van der Waals surface area contributed by atoms with Crippen LogP contribution in [0.1, 0.15) is 13.3 Å². The van der Waals surface area contributed by atoms with E-state index < -0.39 is 22.2 Å². The monoisotopic (exact) mass is 266 g/mol. The van der Waals surface area contributed by atoms with Gasteiger partial charge in [0.1, 0.15) is 0 Å². The summed E-state index contributed by atoms with van der Waals surface area (Å²) in [6.07, 6.45) is 2.55. The first-order valence-corrected chi connectivity index (χ1v) is 6.35. The molecule has 1 aromatic rings. The van der Waals surface area contributed by atoms with E-state index in [-0.39, 0.29) is 6.54 Å². The standard InChI is InChI=1S/C9H12ClFN2O2S/c1-5(16-2)3-4-13-8(14)6(11)7(10)12-9(13)15/h5H,3-4H2,1-2H3,(H,12,15). The van der Waals surface area contributed by atoms with Crippen molar-refractivity contribution in [3.63, 3.8) is 0 Å². The van der Waals surface area contributed by atoms with Crippen molar-refractivity contribution in [3.8, 4) is 0 Å². The lowest BCUT2D eigenvalue weighted by Gasteiger charge is -2.09. The van der Waals surface area contributed by atoms with Gasteiger partial charge in [-0.25, -0.2) is 4.79 Å². The maximum atomic E-state index is 13.1. The minimum Gasteiger partial charge on any atom is -0.295 e. The average Bonchev–Trinajstić information content (AvgIpc) is 2.25. The summed E-state index contributed by atoms with van der Waals surface area (Å²) in [5.74, 6) is -1.11. The number of hydrogen-bond acceptors (Lipinski definition) is 3. The van der Waals surface area contributed by atoms with Gasteiger partial charge in [0.05, 0.1) is 0 Å². The van der Waals surface area contributed by atoms with Gasteiger partial charge in [0, 0.05) is 11.8 Å².